The van der Waals surface area contributed by atoms with Crippen LogP contribution in [0, 0.1) is 5.41 Å². The average molecular weight is 251 g/mol. The molecule has 0 aliphatic carbocycles. The van der Waals surface area contributed by atoms with Crippen molar-refractivity contribution in [2.75, 3.05) is 0 Å². The molecule has 0 radical (unpaired) electrons. The number of benzene rings is 2. The van der Waals surface area contributed by atoms with Gasteiger partial charge < -0.3 is 5.41 Å². The third-order valence-electron chi connectivity index (χ3n) is 3.21. The molecule has 0 saturated heterocycles. The van der Waals surface area contributed by atoms with E-state index < -0.39 is 0 Å². The fraction of sp³-hybridized carbons (Fsp3) is 0.176. The van der Waals surface area contributed by atoms with Crippen molar-refractivity contribution in [3.8, 4) is 0 Å². The van der Waals surface area contributed by atoms with Crippen molar-refractivity contribution >= 4 is 11.5 Å². The van der Waals surface area contributed by atoms with E-state index in [9.17, 15) is 4.79 Å². The van der Waals surface area contributed by atoms with Gasteiger partial charge >= 0.3 is 0 Å². The molecule has 0 aliphatic heterocycles. The summed E-state index contributed by atoms with van der Waals surface area (Å²) in [6.07, 6.45) is 0.351. The molecule has 0 amide bonds. The molecule has 2 aromatic carbocycles. The molecule has 0 bridgehead atoms. The molecule has 19 heavy (non-hydrogen) atoms. The molecule has 96 valence electrons. The van der Waals surface area contributed by atoms with Crippen LogP contribution < -0.4 is 0 Å². The van der Waals surface area contributed by atoms with E-state index in [0.717, 1.165) is 5.56 Å². The van der Waals surface area contributed by atoms with Gasteiger partial charge in [0.1, 0.15) is 0 Å². The Balaban J connectivity index is 2.19. The highest BCUT2D eigenvalue weighted by molar-refractivity contribution is 6.00. The molecular weight excluding hydrogens is 234 g/mol. The molecule has 1 unspecified atom stereocenters. The minimum absolute atomic E-state index is 0.0843. The number of rotatable bonds is 5. The SMILES string of the molecule is CC(=N)C(CC(=O)c1ccccc1)c1ccccc1. The molecule has 0 heterocycles. The lowest BCUT2D eigenvalue weighted by atomic mass is 9.88. The molecular formula is C17H17NO. The summed E-state index contributed by atoms with van der Waals surface area (Å²) in [7, 11) is 0. The van der Waals surface area contributed by atoms with E-state index >= 15 is 0 Å². The third kappa shape index (κ3) is 3.38. The Morgan fingerprint density at radius 2 is 1.53 bits per heavy atom. The van der Waals surface area contributed by atoms with E-state index in [4.69, 9.17) is 5.41 Å². The minimum atomic E-state index is -0.131. The number of ketones is 1. The van der Waals surface area contributed by atoms with Gasteiger partial charge in [-0.1, -0.05) is 60.7 Å². The zero-order chi connectivity index (χ0) is 13.7. The lowest BCUT2D eigenvalue weighted by Crippen LogP contribution is -2.13. The summed E-state index contributed by atoms with van der Waals surface area (Å²) in [5.41, 5.74) is 2.26. The highest BCUT2D eigenvalue weighted by atomic mass is 16.1. The monoisotopic (exact) mass is 251 g/mol. The summed E-state index contributed by atoms with van der Waals surface area (Å²) in [6.45, 7) is 1.76. The van der Waals surface area contributed by atoms with E-state index in [2.05, 4.69) is 0 Å². The van der Waals surface area contributed by atoms with Crippen LogP contribution in [0.1, 0.15) is 35.2 Å². The summed E-state index contributed by atoms with van der Waals surface area (Å²) in [5, 5.41) is 7.89. The lowest BCUT2D eigenvalue weighted by Gasteiger charge is -2.15. The first kappa shape index (κ1) is 13.2. The van der Waals surface area contributed by atoms with E-state index in [-0.39, 0.29) is 11.7 Å². The molecule has 2 nitrogen and oxygen atoms in total. The van der Waals surface area contributed by atoms with Crippen molar-refractivity contribution in [2.24, 2.45) is 0 Å². The van der Waals surface area contributed by atoms with Crippen LogP contribution in [0.3, 0.4) is 0 Å². The number of nitrogens with one attached hydrogen (secondary N) is 1. The number of Topliss-reactive ketones (excluding diaryl/α,β-unsaturated/α-hetero) is 1. The summed E-state index contributed by atoms with van der Waals surface area (Å²) in [6, 6.07) is 19.0. The van der Waals surface area contributed by atoms with Gasteiger partial charge in [-0.05, 0) is 12.5 Å². The van der Waals surface area contributed by atoms with Crippen LogP contribution in [0.2, 0.25) is 0 Å². The van der Waals surface area contributed by atoms with Crippen molar-refractivity contribution in [1.82, 2.24) is 0 Å². The Labute approximate surface area is 113 Å². The molecule has 0 fully saturated rings. The van der Waals surface area contributed by atoms with Crippen LogP contribution in [-0.2, 0) is 0 Å². The fourth-order valence-electron chi connectivity index (χ4n) is 2.13. The number of carbonyl (C=O) groups excluding carboxylic acids is 1. The Bertz CT molecular complexity index is 560. The van der Waals surface area contributed by atoms with E-state index in [0.29, 0.717) is 17.7 Å². The topological polar surface area (TPSA) is 40.9 Å². The second kappa shape index (κ2) is 6.10. The third-order valence-corrected chi connectivity index (χ3v) is 3.21. The summed E-state index contributed by atoms with van der Waals surface area (Å²) < 4.78 is 0. The maximum absolute atomic E-state index is 12.2. The summed E-state index contributed by atoms with van der Waals surface area (Å²) in [5.74, 6) is -0.0463. The molecule has 0 aliphatic rings. The van der Waals surface area contributed by atoms with Gasteiger partial charge in [-0.2, -0.15) is 0 Å². The number of carbonyl (C=O) groups is 1. The van der Waals surface area contributed by atoms with Gasteiger partial charge in [0.05, 0.1) is 0 Å². The highest BCUT2D eigenvalue weighted by Gasteiger charge is 2.18. The van der Waals surface area contributed by atoms with Crippen molar-refractivity contribution in [2.45, 2.75) is 19.3 Å². The van der Waals surface area contributed by atoms with Crippen LogP contribution in [0.5, 0.6) is 0 Å². The number of hydrogen-bond donors (Lipinski definition) is 1. The zero-order valence-corrected chi connectivity index (χ0v) is 11.0. The molecule has 2 rings (SSSR count). The Hall–Kier alpha value is -2.22. The maximum atomic E-state index is 12.2. The van der Waals surface area contributed by atoms with Crippen LogP contribution in [-0.4, -0.2) is 11.5 Å². The first-order valence-electron chi connectivity index (χ1n) is 6.36. The molecule has 2 heteroatoms. The van der Waals surface area contributed by atoms with Crippen molar-refractivity contribution in [3.63, 3.8) is 0 Å². The van der Waals surface area contributed by atoms with Gasteiger partial charge in [0, 0.05) is 23.6 Å². The van der Waals surface area contributed by atoms with Gasteiger partial charge in [0.25, 0.3) is 0 Å². The van der Waals surface area contributed by atoms with Crippen LogP contribution in [0.4, 0.5) is 0 Å². The van der Waals surface area contributed by atoms with Crippen molar-refractivity contribution in [1.29, 1.82) is 5.41 Å². The predicted octanol–water partition coefficient (Wildman–Crippen LogP) is 4.08. The fourth-order valence-corrected chi connectivity index (χ4v) is 2.13. The molecule has 0 spiro atoms. The highest BCUT2D eigenvalue weighted by Crippen LogP contribution is 2.22. The molecule has 0 saturated carbocycles. The first-order valence-corrected chi connectivity index (χ1v) is 6.36. The Morgan fingerprint density at radius 1 is 1.00 bits per heavy atom. The number of hydrogen-bond acceptors (Lipinski definition) is 2. The standard InChI is InChI=1S/C17H17NO/c1-13(18)16(14-8-4-2-5-9-14)12-17(19)15-10-6-3-7-11-15/h2-11,16,18H,12H2,1H3. The summed E-state index contributed by atoms with van der Waals surface area (Å²) >= 11 is 0. The smallest absolute Gasteiger partial charge is 0.163 e. The van der Waals surface area contributed by atoms with Gasteiger partial charge in [-0.3, -0.25) is 4.79 Å². The van der Waals surface area contributed by atoms with Crippen LogP contribution >= 0.6 is 0 Å². The summed E-state index contributed by atoms with van der Waals surface area (Å²) in [4.78, 5) is 12.2. The van der Waals surface area contributed by atoms with Crippen molar-refractivity contribution < 1.29 is 4.79 Å². The molecule has 0 aromatic heterocycles. The largest absolute Gasteiger partial charge is 0.309 e. The first-order chi connectivity index (χ1) is 9.18. The van der Waals surface area contributed by atoms with Gasteiger partial charge in [0.15, 0.2) is 5.78 Å². The van der Waals surface area contributed by atoms with Gasteiger partial charge in [-0.15, -0.1) is 0 Å². The second-order valence-corrected chi connectivity index (χ2v) is 4.64. The average Bonchev–Trinajstić information content (AvgIpc) is 2.46. The maximum Gasteiger partial charge on any atom is 0.163 e. The van der Waals surface area contributed by atoms with Gasteiger partial charge in [-0.25, -0.2) is 0 Å². The second-order valence-electron chi connectivity index (χ2n) is 4.64. The quantitative estimate of drug-likeness (QED) is 0.631. The van der Waals surface area contributed by atoms with Crippen LogP contribution in [0.15, 0.2) is 60.7 Å². The molecule has 1 atom stereocenters. The van der Waals surface area contributed by atoms with Crippen LogP contribution in [0.25, 0.3) is 0 Å². The Morgan fingerprint density at radius 3 is 2.05 bits per heavy atom. The molecule has 2 aromatic rings. The minimum Gasteiger partial charge on any atom is -0.309 e. The van der Waals surface area contributed by atoms with E-state index in [1.54, 1.807) is 6.92 Å². The molecule has 1 N–H and O–H groups in total. The zero-order valence-electron chi connectivity index (χ0n) is 11.0. The van der Waals surface area contributed by atoms with E-state index in [1.807, 2.05) is 60.7 Å². The Kier molecular flexibility index (Phi) is 4.24. The van der Waals surface area contributed by atoms with Gasteiger partial charge in [0.2, 0.25) is 0 Å². The van der Waals surface area contributed by atoms with E-state index in [1.165, 1.54) is 0 Å². The normalized spacial score (nSPS) is 11.8. The van der Waals surface area contributed by atoms with Crippen molar-refractivity contribution in [3.05, 3.63) is 71.8 Å². The predicted molar refractivity (Wildman–Crippen MR) is 78.0 cm³/mol. The lowest BCUT2D eigenvalue weighted by molar-refractivity contribution is 0.0980.